The fourth-order valence-electron chi connectivity index (χ4n) is 2.60. The maximum atomic E-state index is 12.6. The second kappa shape index (κ2) is 9.12. The summed E-state index contributed by atoms with van der Waals surface area (Å²) in [6.07, 6.45) is -8.58. The van der Waals surface area contributed by atoms with Gasteiger partial charge in [0.25, 0.3) is 0 Å². The van der Waals surface area contributed by atoms with E-state index < -0.39 is 23.9 Å². The number of halogens is 6. The number of benzene rings is 2. The van der Waals surface area contributed by atoms with Gasteiger partial charge in [0.05, 0.1) is 11.5 Å². The third-order valence-electron chi connectivity index (χ3n) is 3.95. The average molecular weight is 455 g/mol. The maximum absolute atomic E-state index is 12.6. The quantitative estimate of drug-likeness (QED) is 0.323. The monoisotopic (exact) mass is 454 g/mol. The van der Waals surface area contributed by atoms with Crippen molar-refractivity contribution in [3.8, 4) is 11.5 Å². The lowest BCUT2D eigenvalue weighted by molar-refractivity contribution is -0.106. The molecule has 29 heavy (non-hydrogen) atoms. The molecule has 0 aromatic heterocycles. The molecule has 0 aliphatic carbocycles. The minimum Gasteiger partial charge on any atom is -0.457 e. The Labute approximate surface area is 174 Å². The standard InChI is InChI=1S/C20H20F6OS2/c1-11-5-13(3)17(28-9-19(21,22)23)7-15(11)27-16-8-18(14(4)6-12(16)2)29-10-20(24,25)26/h5-8H,9-10H2,1-4H3. The van der Waals surface area contributed by atoms with E-state index in [1.165, 1.54) is 0 Å². The highest BCUT2D eigenvalue weighted by Gasteiger charge is 2.28. The fraction of sp³-hybridized carbons (Fsp3) is 0.400. The van der Waals surface area contributed by atoms with Crippen molar-refractivity contribution in [2.24, 2.45) is 0 Å². The molecule has 0 aliphatic rings. The lowest BCUT2D eigenvalue weighted by Crippen LogP contribution is -2.10. The highest BCUT2D eigenvalue weighted by atomic mass is 32.2. The smallest absolute Gasteiger partial charge is 0.398 e. The van der Waals surface area contributed by atoms with Gasteiger partial charge in [0.1, 0.15) is 11.5 Å². The van der Waals surface area contributed by atoms with Crippen molar-refractivity contribution in [3.63, 3.8) is 0 Å². The summed E-state index contributed by atoms with van der Waals surface area (Å²) in [6, 6.07) is 6.56. The van der Waals surface area contributed by atoms with Crippen molar-refractivity contribution in [1.82, 2.24) is 0 Å². The Morgan fingerprint density at radius 3 is 1.28 bits per heavy atom. The Balaban J connectivity index is 2.30. The highest BCUT2D eigenvalue weighted by molar-refractivity contribution is 7.99. The van der Waals surface area contributed by atoms with Crippen LogP contribution in [0.1, 0.15) is 22.3 Å². The minimum absolute atomic E-state index is 0.374. The van der Waals surface area contributed by atoms with E-state index in [2.05, 4.69) is 0 Å². The number of alkyl halides is 6. The Bertz CT molecular complexity index is 803. The Morgan fingerprint density at radius 1 is 0.621 bits per heavy atom. The molecule has 0 amide bonds. The van der Waals surface area contributed by atoms with Gasteiger partial charge in [0, 0.05) is 9.79 Å². The topological polar surface area (TPSA) is 9.23 Å². The van der Waals surface area contributed by atoms with Crippen molar-refractivity contribution in [1.29, 1.82) is 0 Å². The van der Waals surface area contributed by atoms with Crippen molar-refractivity contribution in [3.05, 3.63) is 46.5 Å². The van der Waals surface area contributed by atoms with Crippen LogP contribution in [0.2, 0.25) is 0 Å². The van der Waals surface area contributed by atoms with Crippen molar-refractivity contribution < 1.29 is 31.1 Å². The Morgan fingerprint density at radius 2 is 0.966 bits per heavy atom. The van der Waals surface area contributed by atoms with E-state index in [9.17, 15) is 26.3 Å². The molecule has 1 nitrogen and oxygen atoms in total. The normalized spacial score (nSPS) is 12.3. The highest BCUT2D eigenvalue weighted by Crippen LogP contribution is 2.38. The maximum Gasteiger partial charge on any atom is 0.398 e. The van der Waals surface area contributed by atoms with Crippen LogP contribution in [0.3, 0.4) is 0 Å². The van der Waals surface area contributed by atoms with Gasteiger partial charge in [-0.15, -0.1) is 23.5 Å². The van der Waals surface area contributed by atoms with Crippen LogP contribution in [0.5, 0.6) is 11.5 Å². The number of aryl methyl sites for hydroxylation is 4. The SMILES string of the molecule is Cc1cc(C)c(SCC(F)(F)F)cc1Oc1cc(SCC(F)(F)F)c(C)cc1C. The van der Waals surface area contributed by atoms with Crippen LogP contribution in [0.25, 0.3) is 0 Å². The number of hydrogen-bond acceptors (Lipinski definition) is 3. The second-order valence-electron chi connectivity index (χ2n) is 6.68. The predicted octanol–water partition coefficient (Wildman–Crippen LogP) is 8.02. The summed E-state index contributed by atoms with van der Waals surface area (Å²) in [5.41, 5.74) is 2.85. The van der Waals surface area contributed by atoms with Crippen LogP contribution in [0, 0.1) is 27.7 Å². The first kappa shape index (κ1) is 23.8. The first-order chi connectivity index (χ1) is 13.2. The van der Waals surface area contributed by atoms with Gasteiger partial charge in [0.15, 0.2) is 0 Å². The molecule has 0 unspecified atom stereocenters. The third-order valence-corrected chi connectivity index (χ3v) is 6.39. The summed E-state index contributed by atoms with van der Waals surface area (Å²) >= 11 is 1.35. The lowest BCUT2D eigenvalue weighted by atomic mass is 10.1. The molecule has 2 aromatic rings. The van der Waals surface area contributed by atoms with Crippen LogP contribution in [0.15, 0.2) is 34.1 Å². The zero-order chi connectivity index (χ0) is 22.0. The largest absolute Gasteiger partial charge is 0.457 e. The molecule has 9 heteroatoms. The van der Waals surface area contributed by atoms with Gasteiger partial charge in [-0.3, -0.25) is 0 Å². The summed E-state index contributed by atoms with van der Waals surface area (Å²) in [4.78, 5) is 0.888. The minimum atomic E-state index is -4.29. The van der Waals surface area contributed by atoms with Crippen LogP contribution in [-0.4, -0.2) is 23.9 Å². The molecule has 0 N–H and O–H groups in total. The first-order valence-electron chi connectivity index (χ1n) is 8.54. The predicted molar refractivity (Wildman–Crippen MR) is 105 cm³/mol. The molecule has 0 fully saturated rings. The summed E-state index contributed by atoms with van der Waals surface area (Å²) < 4.78 is 81.2. The molecular formula is C20H20F6OS2. The fourth-order valence-corrected chi connectivity index (χ4v) is 4.19. The zero-order valence-corrected chi connectivity index (χ0v) is 17.8. The third kappa shape index (κ3) is 7.37. The second-order valence-corrected chi connectivity index (χ2v) is 8.71. The van der Waals surface area contributed by atoms with Crippen molar-refractivity contribution >= 4 is 23.5 Å². The Hall–Kier alpha value is -1.48. The molecule has 0 saturated heterocycles. The van der Waals surface area contributed by atoms with Gasteiger partial charge in [0.2, 0.25) is 0 Å². The van der Waals surface area contributed by atoms with Gasteiger partial charge >= 0.3 is 12.4 Å². The van der Waals surface area contributed by atoms with Crippen molar-refractivity contribution in [2.75, 3.05) is 11.5 Å². The van der Waals surface area contributed by atoms with E-state index in [1.54, 1.807) is 52.0 Å². The average Bonchev–Trinajstić information content (AvgIpc) is 2.55. The van der Waals surface area contributed by atoms with Crippen LogP contribution >= 0.6 is 23.5 Å². The zero-order valence-electron chi connectivity index (χ0n) is 16.2. The van der Waals surface area contributed by atoms with Crippen LogP contribution in [0.4, 0.5) is 26.3 Å². The van der Waals surface area contributed by atoms with E-state index in [1.807, 2.05) is 0 Å². The summed E-state index contributed by atoms with van der Waals surface area (Å²) in [7, 11) is 0. The lowest BCUT2D eigenvalue weighted by Gasteiger charge is -2.17. The van der Waals surface area contributed by atoms with E-state index in [0.29, 0.717) is 55.9 Å². The molecular weight excluding hydrogens is 434 g/mol. The summed E-state index contributed by atoms with van der Waals surface area (Å²) in [6.45, 7) is 6.98. The molecule has 0 saturated carbocycles. The molecule has 0 aliphatic heterocycles. The van der Waals surface area contributed by atoms with Gasteiger partial charge in [-0.25, -0.2) is 0 Å². The van der Waals surface area contributed by atoms with Gasteiger partial charge < -0.3 is 4.74 Å². The number of rotatable bonds is 6. The molecule has 2 aromatic carbocycles. The van der Waals surface area contributed by atoms with Gasteiger partial charge in [-0.1, -0.05) is 12.1 Å². The van der Waals surface area contributed by atoms with Crippen LogP contribution < -0.4 is 4.74 Å². The summed E-state index contributed by atoms with van der Waals surface area (Å²) in [5, 5.41) is 0. The number of ether oxygens (including phenoxy) is 1. The number of thioether (sulfide) groups is 2. The molecule has 0 spiro atoms. The van der Waals surface area contributed by atoms with Crippen LogP contribution in [-0.2, 0) is 0 Å². The van der Waals surface area contributed by atoms with Crippen molar-refractivity contribution in [2.45, 2.75) is 49.8 Å². The van der Waals surface area contributed by atoms with E-state index in [4.69, 9.17) is 4.74 Å². The van der Waals surface area contributed by atoms with E-state index in [-0.39, 0.29) is 0 Å². The molecule has 0 heterocycles. The van der Waals surface area contributed by atoms with Gasteiger partial charge in [-0.05, 0) is 62.1 Å². The van der Waals surface area contributed by atoms with E-state index in [0.717, 1.165) is 11.1 Å². The van der Waals surface area contributed by atoms with E-state index >= 15 is 0 Å². The number of hydrogen-bond donors (Lipinski definition) is 0. The molecule has 2 rings (SSSR count). The molecule has 0 bridgehead atoms. The summed E-state index contributed by atoms with van der Waals surface area (Å²) in [5.74, 6) is -1.28. The van der Waals surface area contributed by atoms with Gasteiger partial charge in [-0.2, -0.15) is 26.3 Å². The first-order valence-corrected chi connectivity index (χ1v) is 10.5. The molecule has 0 radical (unpaired) electrons. The Kier molecular flexibility index (Phi) is 7.48. The molecule has 160 valence electrons. The molecule has 0 atom stereocenters.